The summed E-state index contributed by atoms with van der Waals surface area (Å²) < 4.78 is 6.19. The maximum Gasteiger partial charge on any atom is 0.338 e. The topological polar surface area (TPSA) is 26.3 Å². The molecule has 3 heteroatoms. The number of hydrogen-bond donors (Lipinski definition) is 0. The summed E-state index contributed by atoms with van der Waals surface area (Å²) in [5, 5.41) is 0. The van der Waals surface area contributed by atoms with Gasteiger partial charge in [-0.05, 0) is 34.5 Å². The van der Waals surface area contributed by atoms with Gasteiger partial charge in [-0.1, -0.05) is 49.0 Å². The van der Waals surface area contributed by atoms with E-state index in [1.165, 1.54) is 5.56 Å². The zero-order chi connectivity index (χ0) is 14.5. The SMILES string of the molecule is C=C(C)C(=O)Oc1c(Br)cccc1Cc1ccccc1. The largest absolute Gasteiger partial charge is 0.422 e. The number of hydrogen-bond acceptors (Lipinski definition) is 2. The van der Waals surface area contributed by atoms with Crippen LogP contribution in [0.4, 0.5) is 0 Å². The zero-order valence-electron chi connectivity index (χ0n) is 11.2. The molecule has 0 bridgehead atoms. The number of para-hydroxylation sites is 1. The van der Waals surface area contributed by atoms with Crippen LogP contribution in [0.1, 0.15) is 18.1 Å². The molecule has 2 aromatic carbocycles. The lowest BCUT2D eigenvalue weighted by Gasteiger charge is -2.12. The third-order valence-corrected chi connectivity index (χ3v) is 3.45. The van der Waals surface area contributed by atoms with E-state index < -0.39 is 5.97 Å². The highest BCUT2D eigenvalue weighted by Gasteiger charge is 2.13. The van der Waals surface area contributed by atoms with Crippen molar-refractivity contribution in [3.05, 3.63) is 76.3 Å². The molecule has 0 aliphatic heterocycles. The van der Waals surface area contributed by atoms with E-state index in [2.05, 4.69) is 22.5 Å². The molecular weight excluding hydrogens is 316 g/mol. The molecule has 20 heavy (non-hydrogen) atoms. The Morgan fingerprint density at radius 1 is 1.15 bits per heavy atom. The highest BCUT2D eigenvalue weighted by molar-refractivity contribution is 9.10. The summed E-state index contributed by atoms with van der Waals surface area (Å²) in [4.78, 5) is 11.7. The Balaban J connectivity index is 2.31. The molecule has 0 radical (unpaired) electrons. The maximum atomic E-state index is 11.7. The van der Waals surface area contributed by atoms with E-state index in [1.54, 1.807) is 6.92 Å². The molecule has 0 unspecified atom stereocenters. The molecule has 0 spiro atoms. The van der Waals surface area contributed by atoms with Crippen molar-refractivity contribution in [2.75, 3.05) is 0 Å². The highest BCUT2D eigenvalue weighted by Crippen LogP contribution is 2.31. The molecule has 0 aromatic heterocycles. The van der Waals surface area contributed by atoms with Crippen molar-refractivity contribution >= 4 is 21.9 Å². The number of rotatable bonds is 4. The standard InChI is InChI=1S/C17H15BrO2/c1-12(2)17(19)20-16-14(9-6-10-15(16)18)11-13-7-4-3-5-8-13/h3-10H,1,11H2,2H3. The number of benzene rings is 2. The lowest BCUT2D eigenvalue weighted by atomic mass is 10.0. The Morgan fingerprint density at radius 2 is 1.85 bits per heavy atom. The first-order valence-corrected chi connectivity index (χ1v) is 7.06. The van der Waals surface area contributed by atoms with Gasteiger partial charge >= 0.3 is 5.97 Å². The molecule has 0 fully saturated rings. The first-order valence-electron chi connectivity index (χ1n) is 6.27. The van der Waals surface area contributed by atoms with Gasteiger partial charge in [0.2, 0.25) is 0 Å². The smallest absolute Gasteiger partial charge is 0.338 e. The van der Waals surface area contributed by atoms with Crippen LogP contribution in [-0.2, 0) is 11.2 Å². The van der Waals surface area contributed by atoms with Gasteiger partial charge < -0.3 is 4.74 Å². The monoisotopic (exact) mass is 330 g/mol. The van der Waals surface area contributed by atoms with Gasteiger partial charge in [0.05, 0.1) is 4.47 Å². The third-order valence-electron chi connectivity index (χ3n) is 2.83. The Morgan fingerprint density at radius 3 is 2.50 bits per heavy atom. The minimum atomic E-state index is -0.411. The van der Waals surface area contributed by atoms with Crippen LogP contribution in [-0.4, -0.2) is 5.97 Å². The molecule has 0 heterocycles. The first-order chi connectivity index (χ1) is 9.58. The molecule has 2 nitrogen and oxygen atoms in total. The predicted molar refractivity (Wildman–Crippen MR) is 83.8 cm³/mol. The molecule has 0 saturated heterocycles. The van der Waals surface area contributed by atoms with Gasteiger partial charge in [-0.15, -0.1) is 0 Å². The minimum Gasteiger partial charge on any atom is -0.422 e. The van der Waals surface area contributed by atoms with Crippen molar-refractivity contribution in [2.24, 2.45) is 0 Å². The fourth-order valence-corrected chi connectivity index (χ4v) is 2.29. The average molecular weight is 331 g/mol. The summed E-state index contributed by atoms with van der Waals surface area (Å²) in [5.41, 5.74) is 2.50. The van der Waals surface area contributed by atoms with E-state index in [1.807, 2.05) is 48.5 Å². The normalized spacial score (nSPS) is 10.1. The van der Waals surface area contributed by atoms with Gasteiger partial charge in [0.1, 0.15) is 5.75 Å². The minimum absolute atomic E-state index is 0.381. The van der Waals surface area contributed by atoms with Gasteiger partial charge in [-0.25, -0.2) is 4.79 Å². The van der Waals surface area contributed by atoms with Gasteiger partial charge in [-0.3, -0.25) is 0 Å². The molecule has 0 saturated carbocycles. The van der Waals surface area contributed by atoms with Crippen LogP contribution in [0.25, 0.3) is 0 Å². The van der Waals surface area contributed by atoms with Crippen molar-refractivity contribution in [3.8, 4) is 5.75 Å². The Hall–Kier alpha value is -1.87. The molecule has 0 amide bonds. The van der Waals surface area contributed by atoms with Crippen molar-refractivity contribution < 1.29 is 9.53 Å². The fourth-order valence-electron chi connectivity index (χ4n) is 1.80. The Bertz CT molecular complexity index is 633. The molecule has 2 aromatic rings. The number of ether oxygens (including phenoxy) is 1. The first kappa shape index (κ1) is 14.5. The summed E-state index contributed by atoms with van der Waals surface area (Å²) in [6.07, 6.45) is 0.707. The fraction of sp³-hybridized carbons (Fsp3) is 0.118. The van der Waals surface area contributed by atoms with Crippen molar-refractivity contribution in [1.29, 1.82) is 0 Å². The van der Waals surface area contributed by atoms with E-state index in [0.29, 0.717) is 17.7 Å². The quantitative estimate of drug-likeness (QED) is 0.468. The summed E-state index contributed by atoms with van der Waals surface area (Å²) in [6.45, 7) is 5.24. The van der Waals surface area contributed by atoms with E-state index in [4.69, 9.17) is 4.74 Å². The molecule has 0 atom stereocenters. The van der Waals surface area contributed by atoms with Gasteiger partial charge in [0, 0.05) is 17.6 Å². The predicted octanol–water partition coefficient (Wildman–Crippen LogP) is 4.52. The van der Waals surface area contributed by atoms with Crippen LogP contribution in [0.2, 0.25) is 0 Å². The van der Waals surface area contributed by atoms with Crippen molar-refractivity contribution in [2.45, 2.75) is 13.3 Å². The summed E-state index contributed by atoms with van der Waals surface area (Å²) >= 11 is 3.43. The van der Waals surface area contributed by atoms with Crippen LogP contribution < -0.4 is 4.74 Å². The molecule has 2 rings (SSSR count). The average Bonchev–Trinajstić information content (AvgIpc) is 2.43. The third kappa shape index (κ3) is 3.58. The molecular formula is C17H15BrO2. The lowest BCUT2D eigenvalue weighted by Crippen LogP contribution is -2.10. The van der Waals surface area contributed by atoms with Crippen LogP contribution in [0, 0.1) is 0 Å². The lowest BCUT2D eigenvalue weighted by molar-refractivity contribution is -0.130. The molecule has 0 N–H and O–H groups in total. The van der Waals surface area contributed by atoms with Gasteiger partial charge in [0.15, 0.2) is 0 Å². The van der Waals surface area contributed by atoms with Gasteiger partial charge in [0.25, 0.3) is 0 Å². The van der Waals surface area contributed by atoms with E-state index >= 15 is 0 Å². The second kappa shape index (κ2) is 6.53. The van der Waals surface area contributed by atoms with E-state index in [9.17, 15) is 4.79 Å². The second-order valence-corrected chi connectivity index (χ2v) is 5.41. The van der Waals surface area contributed by atoms with Crippen LogP contribution in [0.3, 0.4) is 0 Å². The Labute approximate surface area is 127 Å². The molecule has 0 aliphatic rings. The number of carbonyl (C=O) groups is 1. The number of carbonyl (C=O) groups excluding carboxylic acids is 1. The maximum absolute atomic E-state index is 11.7. The molecule has 0 aliphatic carbocycles. The Kier molecular flexibility index (Phi) is 4.74. The molecule has 102 valence electrons. The van der Waals surface area contributed by atoms with Crippen molar-refractivity contribution in [1.82, 2.24) is 0 Å². The summed E-state index contributed by atoms with van der Waals surface area (Å²) in [7, 11) is 0. The highest BCUT2D eigenvalue weighted by atomic mass is 79.9. The van der Waals surface area contributed by atoms with Crippen LogP contribution in [0.5, 0.6) is 5.75 Å². The number of esters is 1. The number of halogens is 1. The zero-order valence-corrected chi connectivity index (χ0v) is 12.8. The van der Waals surface area contributed by atoms with Crippen molar-refractivity contribution in [3.63, 3.8) is 0 Å². The second-order valence-electron chi connectivity index (χ2n) is 4.56. The van der Waals surface area contributed by atoms with E-state index in [0.717, 1.165) is 10.0 Å². The summed E-state index contributed by atoms with van der Waals surface area (Å²) in [5.74, 6) is 0.149. The summed E-state index contributed by atoms with van der Waals surface area (Å²) in [6, 6.07) is 15.8. The van der Waals surface area contributed by atoms with E-state index in [-0.39, 0.29) is 0 Å². The van der Waals surface area contributed by atoms with Crippen LogP contribution >= 0.6 is 15.9 Å². The van der Waals surface area contributed by atoms with Crippen LogP contribution in [0.15, 0.2) is 65.2 Å². The van der Waals surface area contributed by atoms with Gasteiger partial charge in [-0.2, -0.15) is 0 Å².